The van der Waals surface area contributed by atoms with Gasteiger partial charge in [0, 0.05) is 12.1 Å². The van der Waals surface area contributed by atoms with E-state index in [2.05, 4.69) is 15.6 Å². The molecule has 2 amide bonds. The lowest BCUT2D eigenvalue weighted by Crippen LogP contribution is -2.28. The first kappa shape index (κ1) is 17.8. The van der Waals surface area contributed by atoms with E-state index >= 15 is 0 Å². The lowest BCUT2D eigenvalue weighted by Gasteiger charge is -2.08. The Kier molecular flexibility index (Phi) is 5.67. The number of furan rings is 1. The molecule has 9 heteroatoms. The predicted molar refractivity (Wildman–Crippen MR) is 99.1 cm³/mol. The van der Waals surface area contributed by atoms with E-state index in [0.29, 0.717) is 33.2 Å². The molecule has 1 fully saturated rings. The summed E-state index contributed by atoms with van der Waals surface area (Å²) in [6.45, 7) is 0.331. The van der Waals surface area contributed by atoms with Crippen LogP contribution in [0.3, 0.4) is 0 Å². The second-order valence-electron chi connectivity index (χ2n) is 5.18. The zero-order valence-electron chi connectivity index (χ0n) is 12.8. The lowest BCUT2D eigenvalue weighted by atomic mass is 10.2. The molecule has 1 saturated heterocycles. The van der Waals surface area contributed by atoms with Gasteiger partial charge in [0.2, 0.25) is 11.8 Å². The van der Waals surface area contributed by atoms with Crippen molar-refractivity contribution in [3.8, 4) is 0 Å². The first-order valence-electron chi connectivity index (χ1n) is 7.30. The van der Waals surface area contributed by atoms with Crippen molar-refractivity contribution in [2.24, 2.45) is 4.99 Å². The summed E-state index contributed by atoms with van der Waals surface area (Å²) in [5.41, 5.74) is 0.523. The summed E-state index contributed by atoms with van der Waals surface area (Å²) in [6, 6.07) is 8.36. The Bertz CT molecular complexity index is 824. The van der Waals surface area contributed by atoms with Crippen LogP contribution >= 0.6 is 35.0 Å². The van der Waals surface area contributed by atoms with Gasteiger partial charge in [-0.25, -0.2) is 0 Å². The number of benzene rings is 1. The molecule has 1 aliphatic rings. The van der Waals surface area contributed by atoms with Crippen LogP contribution in [-0.4, -0.2) is 22.2 Å². The fourth-order valence-electron chi connectivity index (χ4n) is 2.12. The molecule has 6 nitrogen and oxygen atoms in total. The van der Waals surface area contributed by atoms with Crippen LogP contribution < -0.4 is 10.6 Å². The number of nitrogens with zero attached hydrogens (tertiary/aromatic N) is 1. The molecule has 130 valence electrons. The number of aliphatic imine (C=N–C) groups is 1. The van der Waals surface area contributed by atoms with E-state index in [4.69, 9.17) is 27.6 Å². The zero-order chi connectivity index (χ0) is 17.8. The van der Waals surface area contributed by atoms with E-state index in [1.54, 1.807) is 36.6 Å². The highest BCUT2D eigenvalue weighted by Gasteiger charge is 2.32. The van der Waals surface area contributed by atoms with Crippen LogP contribution in [0.1, 0.15) is 12.2 Å². The Hall–Kier alpha value is -1.96. The monoisotopic (exact) mass is 397 g/mol. The fourth-order valence-corrected chi connectivity index (χ4v) is 3.39. The molecule has 0 bridgehead atoms. The number of anilines is 1. The van der Waals surface area contributed by atoms with Crippen LogP contribution in [0.25, 0.3) is 0 Å². The van der Waals surface area contributed by atoms with Crippen molar-refractivity contribution < 1.29 is 14.0 Å². The summed E-state index contributed by atoms with van der Waals surface area (Å²) in [6.07, 6.45) is 1.59. The second-order valence-corrected chi connectivity index (χ2v) is 7.18. The summed E-state index contributed by atoms with van der Waals surface area (Å²) in [5.74, 6) is 0.161. The number of hydrogen-bond donors (Lipinski definition) is 2. The van der Waals surface area contributed by atoms with Gasteiger partial charge in [0.05, 0.1) is 22.9 Å². The molecule has 0 saturated carbocycles. The van der Waals surface area contributed by atoms with Crippen molar-refractivity contribution in [1.29, 1.82) is 0 Å². The van der Waals surface area contributed by atoms with Crippen molar-refractivity contribution in [3.63, 3.8) is 0 Å². The molecule has 2 N–H and O–H groups in total. The number of halogens is 2. The third kappa shape index (κ3) is 4.78. The minimum absolute atomic E-state index is 0.0243. The van der Waals surface area contributed by atoms with Crippen LogP contribution in [0.2, 0.25) is 10.0 Å². The first-order chi connectivity index (χ1) is 12.0. The number of amides is 2. The quantitative estimate of drug-likeness (QED) is 0.805. The molecular weight excluding hydrogens is 385 g/mol. The molecule has 1 aliphatic heterocycles. The molecule has 1 atom stereocenters. The highest BCUT2D eigenvalue weighted by Crippen LogP contribution is 2.26. The summed E-state index contributed by atoms with van der Waals surface area (Å²) < 4.78 is 5.18. The van der Waals surface area contributed by atoms with E-state index < -0.39 is 5.25 Å². The summed E-state index contributed by atoms with van der Waals surface area (Å²) in [7, 11) is 0. The molecule has 1 unspecified atom stereocenters. The van der Waals surface area contributed by atoms with Crippen molar-refractivity contribution in [1.82, 2.24) is 5.32 Å². The number of carbonyl (C=O) groups excluding carboxylic acids is 2. The van der Waals surface area contributed by atoms with Gasteiger partial charge in [0.15, 0.2) is 5.17 Å². The Morgan fingerprint density at radius 3 is 2.88 bits per heavy atom. The maximum atomic E-state index is 12.1. The van der Waals surface area contributed by atoms with Crippen LogP contribution in [0.15, 0.2) is 46.0 Å². The molecule has 2 heterocycles. The van der Waals surface area contributed by atoms with E-state index in [0.717, 1.165) is 0 Å². The third-order valence-electron chi connectivity index (χ3n) is 3.31. The summed E-state index contributed by atoms with van der Waals surface area (Å²) >= 11 is 13.0. The predicted octanol–water partition coefficient (Wildman–Crippen LogP) is 3.70. The van der Waals surface area contributed by atoms with Gasteiger partial charge in [-0.2, -0.15) is 0 Å². The molecule has 0 aliphatic carbocycles. The third-order valence-corrected chi connectivity index (χ3v) is 5.17. The molecule has 3 rings (SSSR count). The van der Waals surface area contributed by atoms with E-state index in [1.165, 1.54) is 11.8 Å². The Balaban J connectivity index is 1.55. The minimum atomic E-state index is -0.530. The maximum Gasteiger partial charge on any atom is 0.240 e. The van der Waals surface area contributed by atoms with Crippen LogP contribution in [0, 0.1) is 0 Å². The number of hydrogen-bond acceptors (Lipinski definition) is 5. The SMILES string of the molecule is O=C(CC1SC(=NCc2ccco2)NC1=O)Nc1ccc(Cl)c(Cl)c1. The average molecular weight is 398 g/mol. The molecule has 1 aromatic heterocycles. The molecule has 0 spiro atoms. The molecule has 25 heavy (non-hydrogen) atoms. The highest BCUT2D eigenvalue weighted by molar-refractivity contribution is 8.15. The Morgan fingerprint density at radius 2 is 2.16 bits per heavy atom. The smallest absolute Gasteiger partial charge is 0.240 e. The van der Waals surface area contributed by atoms with Crippen molar-refractivity contribution in [2.45, 2.75) is 18.2 Å². The van der Waals surface area contributed by atoms with Gasteiger partial charge in [0.25, 0.3) is 0 Å². The normalized spacial score (nSPS) is 18.4. The fraction of sp³-hybridized carbons (Fsp3) is 0.188. The maximum absolute atomic E-state index is 12.1. The van der Waals surface area contributed by atoms with Gasteiger partial charge < -0.3 is 15.1 Å². The van der Waals surface area contributed by atoms with Crippen molar-refractivity contribution >= 4 is 57.6 Å². The Labute approximate surface area is 158 Å². The van der Waals surface area contributed by atoms with Gasteiger partial charge in [0.1, 0.15) is 11.0 Å². The summed E-state index contributed by atoms with van der Waals surface area (Å²) in [4.78, 5) is 28.4. The van der Waals surface area contributed by atoms with Crippen LogP contribution in [0.4, 0.5) is 5.69 Å². The standard InChI is InChI=1S/C16H13Cl2N3O3S/c17-11-4-3-9(6-12(11)18)20-14(22)7-13-15(23)21-16(25-13)19-8-10-2-1-5-24-10/h1-6,13H,7-8H2,(H,20,22)(H,19,21,23). The molecule has 0 radical (unpaired) electrons. The summed E-state index contributed by atoms with van der Waals surface area (Å²) in [5, 5.41) is 6.07. The van der Waals surface area contributed by atoms with Crippen LogP contribution in [-0.2, 0) is 16.1 Å². The second kappa shape index (κ2) is 7.95. The van der Waals surface area contributed by atoms with Gasteiger partial charge in [-0.15, -0.1) is 0 Å². The number of amidine groups is 1. The van der Waals surface area contributed by atoms with Gasteiger partial charge in [-0.05, 0) is 30.3 Å². The Morgan fingerprint density at radius 1 is 1.32 bits per heavy atom. The van der Waals surface area contributed by atoms with Crippen molar-refractivity contribution in [2.75, 3.05) is 5.32 Å². The van der Waals surface area contributed by atoms with E-state index in [1.807, 2.05) is 0 Å². The van der Waals surface area contributed by atoms with Gasteiger partial charge in [-0.3, -0.25) is 14.6 Å². The highest BCUT2D eigenvalue weighted by atomic mass is 35.5. The molecule has 1 aromatic carbocycles. The number of carbonyl (C=O) groups is 2. The van der Waals surface area contributed by atoms with Crippen molar-refractivity contribution in [3.05, 3.63) is 52.4 Å². The number of nitrogens with one attached hydrogen (secondary N) is 2. The molecule has 2 aromatic rings. The van der Waals surface area contributed by atoms with Gasteiger partial charge >= 0.3 is 0 Å². The first-order valence-corrected chi connectivity index (χ1v) is 8.94. The van der Waals surface area contributed by atoms with E-state index in [9.17, 15) is 9.59 Å². The molecular formula is C16H13Cl2N3O3S. The zero-order valence-corrected chi connectivity index (χ0v) is 15.1. The largest absolute Gasteiger partial charge is 0.467 e. The lowest BCUT2D eigenvalue weighted by molar-refractivity contribution is -0.122. The average Bonchev–Trinajstić information content (AvgIpc) is 3.19. The van der Waals surface area contributed by atoms with Crippen LogP contribution in [0.5, 0.6) is 0 Å². The topological polar surface area (TPSA) is 83.7 Å². The van der Waals surface area contributed by atoms with Gasteiger partial charge in [-0.1, -0.05) is 35.0 Å². The van der Waals surface area contributed by atoms with E-state index in [-0.39, 0.29) is 18.2 Å². The number of rotatable bonds is 5. The number of thioether (sulfide) groups is 1. The minimum Gasteiger partial charge on any atom is -0.467 e.